The molecule has 0 saturated carbocycles. The molecule has 1 heterocycles. The van der Waals surface area contributed by atoms with Crippen LogP contribution >= 0.6 is 23.2 Å². The van der Waals surface area contributed by atoms with E-state index in [1.807, 2.05) is 0 Å². The van der Waals surface area contributed by atoms with Crippen LogP contribution < -0.4 is 19.5 Å². The van der Waals surface area contributed by atoms with Gasteiger partial charge in [0.1, 0.15) is 11.5 Å². The molecule has 0 bridgehead atoms. The Balaban J connectivity index is 1.64. The van der Waals surface area contributed by atoms with Gasteiger partial charge in [0.05, 0.1) is 30.0 Å². The van der Waals surface area contributed by atoms with Crippen LogP contribution in [0.5, 0.6) is 17.6 Å². The Morgan fingerprint density at radius 1 is 1.11 bits per heavy atom. The second kappa shape index (κ2) is 8.81. The van der Waals surface area contributed by atoms with Crippen molar-refractivity contribution in [1.82, 2.24) is 10.1 Å². The van der Waals surface area contributed by atoms with Gasteiger partial charge in [-0.15, -0.1) is 0 Å². The number of ether oxygens (including phenoxy) is 3. The standard InChI is InChI=1S/C18H15Cl2N3O5/c1-25-14-8-15(26-2)13(7-12(14)20)21-16(24)9-27-18-22-17(23-28-18)10-5-3-4-6-11(10)19/h3-8H,9H2,1-2H3,(H,21,24). The molecule has 1 N–H and O–H groups in total. The van der Waals surface area contributed by atoms with Crippen LogP contribution in [-0.4, -0.2) is 36.9 Å². The fourth-order valence-electron chi connectivity index (χ4n) is 2.29. The molecule has 1 aromatic heterocycles. The Hall–Kier alpha value is -2.97. The van der Waals surface area contributed by atoms with E-state index in [1.54, 1.807) is 30.3 Å². The molecule has 10 heteroatoms. The van der Waals surface area contributed by atoms with E-state index in [9.17, 15) is 4.79 Å². The number of amides is 1. The number of hydrogen-bond acceptors (Lipinski definition) is 7. The molecular formula is C18H15Cl2N3O5. The van der Waals surface area contributed by atoms with Crippen molar-refractivity contribution in [3.05, 3.63) is 46.4 Å². The van der Waals surface area contributed by atoms with E-state index in [2.05, 4.69) is 15.5 Å². The van der Waals surface area contributed by atoms with Gasteiger partial charge in [-0.25, -0.2) is 0 Å². The lowest BCUT2D eigenvalue weighted by Gasteiger charge is -2.12. The van der Waals surface area contributed by atoms with Gasteiger partial charge in [-0.3, -0.25) is 9.32 Å². The zero-order chi connectivity index (χ0) is 20.1. The van der Waals surface area contributed by atoms with Crippen LogP contribution in [0.2, 0.25) is 10.0 Å². The number of benzene rings is 2. The number of carbonyl (C=O) groups is 1. The minimum atomic E-state index is -0.475. The number of halogens is 2. The van der Waals surface area contributed by atoms with E-state index in [4.69, 9.17) is 41.9 Å². The highest BCUT2D eigenvalue weighted by Gasteiger charge is 2.16. The first kappa shape index (κ1) is 19.8. The van der Waals surface area contributed by atoms with E-state index in [1.165, 1.54) is 20.3 Å². The van der Waals surface area contributed by atoms with Gasteiger partial charge in [0, 0.05) is 11.6 Å². The molecule has 146 valence electrons. The van der Waals surface area contributed by atoms with E-state index < -0.39 is 5.91 Å². The van der Waals surface area contributed by atoms with Gasteiger partial charge < -0.3 is 19.5 Å². The third-order valence-electron chi connectivity index (χ3n) is 3.60. The van der Waals surface area contributed by atoms with Crippen molar-refractivity contribution >= 4 is 34.8 Å². The van der Waals surface area contributed by atoms with Crippen molar-refractivity contribution < 1.29 is 23.5 Å². The highest BCUT2D eigenvalue weighted by molar-refractivity contribution is 6.33. The van der Waals surface area contributed by atoms with Crippen LogP contribution in [0.3, 0.4) is 0 Å². The lowest BCUT2D eigenvalue weighted by molar-refractivity contribution is -0.118. The highest BCUT2D eigenvalue weighted by atomic mass is 35.5. The Morgan fingerprint density at radius 2 is 1.86 bits per heavy atom. The van der Waals surface area contributed by atoms with Crippen LogP contribution in [-0.2, 0) is 4.79 Å². The van der Waals surface area contributed by atoms with Gasteiger partial charge in [0.25, 0.3) is 5.91 Å². The normalized spacial score (nSPS) is 10.4. The largest absolute Gasteiger partial charge is 0.495 e. The number of hydrogen-bond donors (Lipinski definition) is 1. The smallest absolute Gasteiger partial charge is 0.418 e. The summed E-state index contributed by atoms with van der Waals surface area (Å²) in [7, 11) is 2.94. The number of rotatable bonds is 7. The maximum atomic E-state index is 12.2. The van der Waals surface area contributed by atoms with Gasteiger partial charge >= 0.3 is 6.08 Å². The fraction of sp³-hybridized carbons (Fsp3) is 0.167. The molecule has 0 atom stereocenters. The zero-order valence-electron chi connectivity index (χ0n) is 14.9. The quantitative estimate of drug-likeness (QED) is 0.611. The molecule has 0 aliphatic rings. The summed E-state index contributed by atoms with van der Waals surface area (Å²) < 4.78 is 20.6. The van der Waals surface area contributed by atoms with Crippen molar-refractivity contribution in [2.24, 2.45) is 0 Å². The summed E-state index contributed by atoms with van der Waals surface area (Å²) in [5.74, 6) is 0.584. The van der Waals surface area contributed by atoms with Crippen molar-refractivity contribution in [1.29, 1.82) is 0 Å². The van der Waals surface area contributed by atoms with E-state index >= 15 is 0 Å². The Labute approximate surface area is 170 Å². The third kappa shape index (κ3) is 4.47. The summed E-state index contributed by atoms with van der Waals surface area (Å²) in [6, 6.07) is 10.1. The predicted molar refractivity (Wildman–Crippen MR) is 103 cm³/mol. The molecular weight excluding hydrogens is 409 g/mol. The Bertz CT molecular complexity index is 993. The van der Waals surface area contributed by atoms with Crippen LogP contribution in [0, 0.1) is 0 Å². The van der Waals surface area contributed by atoms with Gasteiger partial charge in [-0.1, -0.05) is 40.5 Å². The molecule has 0 aliphatic carbocycles. The first-order valence-corrected chi connectivity index (χ1v) is 8.70. The lowest BCUT2D eigenvalue weighted by Crippen LogP contribution is -2.20. The second-order valence-corrected chi connectivity index (χ2v) is 6.20. The van der Waals surface area contributed by atoms with Gasteiger partial charge in [-0.2, -0.15) is 4.98 Å². The molecule has 0 fully saturated rings. The summed E-state index contributed by atoms with van der Waals surface area (Å²) in [4.78, 5) is 16.2. The average Bonchev–Trinajstić information content (AvgIpc) is 3.16. The highest BCUT2D eigenvalue weighted by Crippen LogP contribution is 2.35. The molecule has 8 nitrogen and oxygen atoms in total. The van der Waals surface area contributed by atoms with Crippen molar-refractivity contribution in [2.75, 3.05) is 26.1 Å². The Morgan fingerprint density at radius 3 is 2.57 bits per heavy atom. The number of carbonyl (C=O) groups excluding carboxylic acids is 1. The topological polar surface area (TPSA) is 95.7 Å². The predicted octanol–water partition coefficient (Wildman–Crippen LogP) is 4.08. The second-order valence-electron chi connectivity index (χ2n) is 5.39. The van der Waals surface area contributed by atoms with Crippen LogP contribution in [0.4, 0.5) is 5.69 Å². The molecule has 0 aliphatic heterocycles. The molecule has 0 unspecified atom stereocenters. The van der Waals surface area contributed by atoms with Crippen molar-refractivity contribution in [3.8, 4) is 29.0 Å². The number of nitrogens with zero attached hydrogens (tertiary/aromatic N) is 2. The van der Waals surface area contributed by atoms with E-state index in [0.717, 1.165) is 0 Å². The summed E-state index contributed by atoms with van der Waals surface area (Å²) in [5.41, 5.74) is 0.953. The summed E-state index contributed by atoms with van der Waals surface area (Å²) in [6.07, 6.45) is -0.162. The number of nitrogens with one attached hydrogen (secondary N) is 1. The molecule has 2 aromatic carbocycles. The van der Waals surface area contributed by atoms with Crippen LogP contribution in [0.15, 0.2) is 40.9 Å². The van der Waals surface area contributed by atoms with Crippen molar-refractivity contribution in [3.63, 3.8) is 0 Å². The van der Waals surface area contributed by atoms with Gasteiger partial charge in [-0.05, 0) is 18.2 Å². The summed E-state index contributed by atoms with van der Waals surface area (Å²) in [5, 5.41) is 7.21. The van der Waals surface area contributed by atoms with Crippen LogP contribution in [0.25, 0.3) is 11.4 Å². The van der Waals surface area contributed by atoms with Gasteiger partial charge in [0.2, 0.25) is 5.82 Å². The lowest BCUT2D eigenvalue weighted by atomic mass is 10.2. The minimum Gasteiger partial charge on any atom is -0.495 e. The summed E-state index contributed by atoms with van der Waals surface area (Å²) >= 11 is 12.2. The minimum absolute atomic E-state index is 0.162. The molecule has 3 aromatic rings. The monoisotopic (exact) mass is 423 g/mol. The average molecular weight is 424 g/mol. The van der Waals surface area contributed by atoms with E-state index in [0.29, 0.717) is 32.8 Å². The molecule has 1 amide bonds. The SMILES string of the molecule is COc1cc(OC)c(NC(=O)COc2nc(-c3ccccc3Cl)no2)cc1Cl. The van der Waals surface area contributed by atoms with Crippen molar-refractivity contribution in [2.45, 2.75) is 0 Å². The molecule has 28 heavy (non-hydrogen) atoms. The summed E-state index contributed by atoms with van der Waals surface area (Å²) in [6.45, 7) is -0.364. The van der Waals surface area contributed by atoms with E-state index in [-0.39, 0.29) is 18.5 Å². The first-order valence-electron chi connectivity index (χ1n) is 7.94. The third-order valence-corrected chi connectivity index (χ3v) is 4.22. The molecule has 3 rings (SSSR count). The fourth-order valence-corrected chi connectivity index (χ4v) is 2.75. The number of methoxy groups -OCH3 is 2. The van der Waals surface area contributed by atoms with Gasteiger partial charge in [0.15, 0.2) is 6.61 Å². The number of anilines is 1. The first-order chi connectivity index (χ1) is 13.5. The Kier molecular flexibility index (Phi) is 6.23. The maximum Gasteiger partial charge on any atom is 0.418 e. The molecule has 0 saturated heterocycles. The van der Waals surface area contributed by atoms with Crippen LogP contribution in [0.1, 0.15) is 0 Å². The molecule has 0 spiro atoms. The maximum absolute atomic E-state index is 12.2. The number of aromatic nitrogens is 2. The molecule has 0 radical (unpaired) electrons. The zero-order valence-corrected chi connectivity index (χ0v) is 16.4.